The molecule has 2 fully saturated rings. The molecule has 3 aromatic rings. The van der Waals surface area contributed by atoms with Gasteiger partial charge >= 0.3 is 5.97 Å². The molecule has 0 atom stereocenters. The largest absolute Gasteiger partial charge is 0.481 e. The van der Waals surface area contributed by atoms with E-state index in [1.165, 1.54) is 12.4 Å². The number of carbonyl (C=O) groups is 2. The zero-order valence-corrected chi connectivity index (χ0v) is 17.9. The fourth-order valence-electron chi connectivity index (χ4n) is 4.21. The van der Waals surface area contributed by atoms with Crippen molar-refractivity contribution < 1.29 is 14.7 Å². The fourth-order valence-corrected chi connectivity index (χ4v) is 4.21. The third-order valence-corrected chi connectivity index (χ3v) is 6.24. The molecule has 0 aliphatic heterocycles. The van der Waals surface area contributed by atoms with E-state index in [0.717, 1.165) is 18.2 Å². The van der Waals surface area contributed by atoms with Crippen LogP contribution in [0.3, 0.4) is 0 Å². The van der Waals surface area contributed by atoms with Gasteiger partial charge in [0.05, 0.1) is 28.9 Å². The van der Waals surface area contributed by atoms with Crippen LogP contribution in [-0.2, 0) is 4.79 Å². The fraction of sp³-hybridized carbons (Fsp3) is 0.391. The van der Waals surface area contributed by atoms with Crippen LogP contribution in [0.15, 0.2) is 30.7 Å². The molecule has 10 nitrogen and oxygen atoms in total. The molecule has 0 aromatic carbocycles. The Morgan fingerprint density at radius 2 is 1.79 bits per heavy atom. The minimum atomic E-state index is -0.764. The highest BCUT2D eigenvalue weighted by Gasteiger charge is 2.29. The second-order valence-corrected chi connectivity index (χ2v) is 8.67. The Balaban J connectivity index is 1.39. The summed E-state index contributed by atoms with van der Waals surface area (Å²) in [5.74, 6) is -0.796. The van der Waals surface area contributed by atoms with Crippen LogP contribution in [0.1, 0.15) is 54.4 Å². The zero-order valence-electron chi connectivity index (χ0n) is 17.9. The van der Waals surface area contributed by atoms with Gasteiger partial charge in [0.15, 0.2) is 11.5 Å². The van der Waals surface area contributed by atoms with Gasteiger partial charge in [0.1, 0.15) is 6.07 Å². The van der Waals surface area contributed by atoms with Crippen LogP contribution in [0.2, 0.25) is 0 Å². The first-order valence-electron chi connectivity index (χ1n) is 11.1. The van der Waals surface area contributed by atoms with Gasteiger partial charge in [-0.25, -0.2) is 9.97 Å². The van der Waals surface area contributed by atoms with Gasteiger partial charge in [0.25, 0.3) is 5.91 Å². The SMILES string of the molecule is N#Cc1cnc2c(cnn2-c2cc(NC3CC3)c(C(=O)N[C@H]3CC[C@H](C(=O)O)CC3)cn2)c1. The standard InChI is InChI=1S/C23H23N7O3/c24-9-13-7-15-11-27-30(21(15)26-10-13)20-8-19(28-16-5-6-16)18(12-25-20)22(31)29-17-3-1-14(2-4-17)23(32)33/h7-8,10-12,14,16-17H,1-6H2,(H,25,28)(H,29,31)(H,32,33)/t14-,17-. The summed E-state index contributed by atoms with van der Waals surface area (Å²) in [5, 5.41) is 29.8. The molecule has 2 aliphatic rings. The summed E-state index contributed by atoms with van der Waals surface area (Å²) >= 11 is 0. The zero-order chi connectivity index (χ0) is 22.9. The van der Waals surface area contributed by atoms with E-state index in [9.17, 15) is 14.7 Å². The average molecular weight is 445 g/mol. The molecule has 3 heterocycles. The number of amides is 1. The topological polar surface area (TPSA) is 146 Å². The van der Waals surface area contributed by atoms with Crippen molar-refractivity contribution in [3.05, 3.63) is 41.9 Å². The molecule has 0 bridgehead atoms. The van der Waals surface area contributed by atoms with Crippen molar-refractivity contribution in [3.8, 4) is 11.9 Å². The Kier molecular flexibility index (Phi) is 5.38. The number of nitrogens with zero attached hydrogens (tertiary/aromatic N) is 5. The number of carboxylic acids is 1. The van der Waals surface area contributed by atoms with Crippen molar-refractivity contribution in [3.63, 3.8) is 0 Å². The van der Waals surface area contributed by atoms with Gasteiger partial charge in [0, 0.05) is 35.9 Å². The summed E-state index contributed by atoms with van der Waals surface area (Å²) in [6.45, 7) is 0. The van der Waals surface area contributed by atoms with Crippen molar-refractivity contribution in [2.24, 2.45) is 5.92 Å². The number of aromatic nitrogens is 4. The van der Waals surface area contributed by atoms with E-state index >= 15 is 0 Å². The van der Waals surface area contributed by atoms with E-state index in [1.807, 2.05) is 0 Å². The predicted molar refractivity (Wildman–Crippen MR) is 119 cm³/mol. The maximum Gasteiger partial charge on any atom is 0.306 e. The smallest absolute Gasteiger partial charge is 0.306 e. The minimum Gasteiger partial charge on any atom is -0.481 e. The number of hydrogen-bond acceptors (Lipinski definition) is 7. The number of pyridine rings is 2. The van der Waals surface area contributed by atoms with Crippen LogP contribution in [0.5, 0.6) is 0 Å². The molecule has 0 saturated heterocycles. The Morgan fingerprint density at radius 1 is 1.03 bits per heavy atom. The number of carboxylic acid groups (broad SMARTS) is 1. The van der Waals surface area contributed by atoms with Crippen LogP contribution in [0.25, 0.3) is 16.9 Å². The quantitative estimate of drug-likeness (QED) is 0.525. The first-order chi connectivity index (χ1) is 16.0. The van der Waals surface area contributed by atoms with Crippen LogP contribution in [-0.4, -0.2) is 48.8 Å². The van der Waals surface area contributed by atoms with Crippen LogP contribution in [0, 0.1) is 17.2 Å². The summed E-state index contributed by atoms with van der Waals surface area (Å²) in [6, 6.07) is 5.86. The highest BCUT2D eigenvalue weighted by atomic mass is 16.4. The molecule has 1 amide bonds. The average Bonchev–Trinajstić information content (AvgIpc) is 3.54. The number of nitrogens with one attached hydrogen (secondary N) is 2. The summed E-state index contributed by atoms with van der Waals surface area (Å²) in [5.41, 5.74) is 2.15. The molecular formula is C23H23N7O3. The van der Waals surface area contributed by atoms with Crippen molar-refractivity contribution in [1.82, 2.24) is 25.1 Å². The molecule has 5 rings (SSSR count). The van der Waals surface area contributed by atoms with Crippen molar-refractivity contribution >= 4 is 28.6 Å². The molecule has 33 heavy (non-hydrogen) atoms. The van der Waals surface area contributed by atoms with Gasteiger partial charge in [-0.1, -0.05) is 0 Å². The van der Waals surface area contributed by atoms with E-state index in [-0.39, 0.29) is 17.9 Å². The number of fused-ring (bicyclic) bond motifs is 1. The first-order valence-corrected chi connectivity index (χ1v) is 11.1. The molecule has 10 heteroatoms. The van der Waals surface area contributed by atoms with E-state index in [0.29, 0.717) is 60.0 Å². The summed E-state index contributed by atoms with van der Waals surface area (Å²) in [7, 11) is 0. The Morgan fingerprint density at radius 3 is 2.48 bits per heavy atom. The minimum absolute atomic E-state index is 0.0462. The molecule has 0 unspecified atom stereocenters. The lowest BCUT2D eigenvalue weighted by molar-refractivity contribution is -0.142. The number of hydrogen-bond donors (Lipinski definition) is 3. The molecule has 3 aromatic heterocycles. The third kappa shape index (κ3) is 4.35. The van der Waals surface area contributed by atoms with Gasteiger partial charge in [0.2, 0.25) is 0 Å². The van der Waals surface area contributed by atoms with Crippen molar-refractivity contribution in [2.45, 2.75) is 50.6 Å². The van der Waals surface area contributed by atoms with Gasteiger partial charge in [-0.15, -0.1) is 0 Å². The summed E-state index contributed by atoms with van der Waals surface area (Å²) in [4.78, 5) is 33.0. The first kappa shape index (κ1) is 20.9. The summed E-state index contributed by atoms with van der Waals surface area (Å²) in [6.07, 6.45) is 9.18. The van der Waals surface area contributed by atoms with E-state index < -0.39 is 5.97 Å². The van der Waals surface area contributed by atoms with Gasteiger partial charge in [-0.05, 0) is 44.6 Å². The Hall–Kier alpha value is -4.00. The molecule has 168 valence electrons. The second kappa shape index (κ2) is 8.50. The molecule has 0 radical (unpaired) electrons. The van der Waals surface area contributed by atoms with Crippen molar-refractivity contribution in [1.29, 1.82) is 5.26 Å². The lowest BCUT2D eigenvalue weighted by Gasteiger charge is -2.27. The molecule has 2 saturated carbocycles. The predicted octanol–water partition coefficient (Wildman–Crippen LogP) is 2.63. The number of nitriles is 1. The molecule has 2 aliphatic carbocycles. The molecule has 0 spiro atoms. The Labute approximate surface area is 189 Å². The van der Waals surface area contributed by atoms with Crippen LogP contribution < -0.4 is 10.6 Å². The highest BCUT2D eigenvalue weighted by Crippen LogP contribution is 2.29. The number of rotatable bonds is 6. The van der Waals surface area contributed by atoms with Crippen LogP contribution >= 0.6 is 0 Å². The Bertz CT molecular complexity index is 1270. The summed E-state index contributed by atoms with van der Waals surface area (Å²) < 4.78 is 1.59. The molecular weight excluding hydrogens is 422 g/mol. The van der Waals surface area contributed by atoms with Gasteiger partial charge in [-0.2, -0.15) is 15.0 Å². The third-order valence-electron chi connectivity index (χ3n) is 6.24. The lowest BCUT2D eigenvalue weighted by Crippen LogP contribution is -2.39. The van der Waals surface area contributed by atoms with Crippen LogP contribution in [0.4, 0.5) is 5.69 Å². The maximum atomic E-state index is 13.1. The van der Waals surface area contributed by atoms with Crippen molar-refractivity contribution in [2.75, 3.05) is 5.32 Å². The lowest BCUT2D eigenvalue weighted by atomic mass is 9.86. The van der Waals surface area contributed by atoms with E-state index in [1.54, 1.807) is 23.0 Å². The monoisotopic (exact) mass is 445 g/mol. The molecule has 3 N–H and O–H groups in total. The maximum absolute atomic E-state index is 13.1. The highest BCUT2D eigenvalue weighted by molar-refractivity contribution is 6.00. The number of anilines is 1. The van der Waals surface area contributed by atoms with E-state index in [4.69, 9.17) is 5.26 Å². The van der Waals surface area contributed by atoms with Gasteiger partial charge < -0.3 is 15.7 Å². The number of aliphatic carboxylic acids is 1. The normalized spacial score (nSPS) is 20.2. The second-order valence-electron chi connectivity index (χ2n) is 8.67. The number of carbonyl (C=O) groups excluding carboxylic acids is 1. The van der Waals surface area contributed by atoms with Gasteiger partial charge in [-0.3, -0.25) is 9.59 Å². The van der Waals surface area contributed by atoms with E-state index in [2.05, 4.69) is 31.8 Å².